The van der Waals surface area contributed by atoms with Crippen molar-refractivity contribution in [1.82, 2.24) is 15.2 Å². The molecule has 3 atom stereocenters. The molecule has 0 aliphatic carbocycles. The molecule has 0 bridgehead atoms. The predicted octanol–water partition coefficient (Wildman–Crippen LogP) is 10.4. The number of likely N-dealkylation sites (tertiary alicyclic amines) is 1. The summed E-state index contributed by atoms with van der Waals surface area (Å²) >= 11 is 7.22. The van der Waals surface area contributed by atoms with Crippen LogP contribution in [0.15, 0.2) is 96.5 Å². The number of benzene rings is 4. The van der Waals surface area contributed by atoms with E-state index in [1.165, 1.54) is 11.0 Å². The summed E-state index contributed by atoms with van der Waals surface area (Å²) in [6.07, 6.45) is -2.52. The van der Waals surface area contributed by atoms with Crippen LogP contribution in [-0.2, 0) is 38.3 Å². The Hall–Kier alpha value is -6.68. The lowest BCUT2D eigenvalue weighted by Crippen LogP contribution is -2.50. The molecular formula is C56H61F3N6O7S2. The van der Waals surface area contributed by atoms with E-state index < -0.39 is 52.2 Å². The molecule has 390 valence electrons. The highest BCUT2D eigenvalue weighted by Gasteiger charge is 2.51. The van der Waals surface area contributed by atoms with E-state index in [1.807, 2.05) is 81.7 Å². The van der Waals surface area contributed by atoms with Crippen LogP contribution in [0.3, 0.4) is 0 Å². The molecule has 0 spiro atoms. The molecule has 0 radical (unpaired) electrons. The van der Waals surface area contributed by atoms with Gasteiger partial charge in [-0.05, 0) is 135 Å². The Morgan fingerprint density at radius 3 is 2.15 bits per heavy atom. The number of amides is 3. The second kappa shape index (κ2) is 23.3. The number of rotatable bonds is 20. The molecule has 2 fully saturated rings. The molecule has 2 saturated heterocycles. The number of hydrogen-bond acceptors (Lipinski definition) is 11. The quantitative estimate of drug-likeness (QED) is 0.0563. The predicted molar refractivity (Wildman–Crippen MR) is 282 cm³/mol. The number of nitrogens with zero attached hydrogens (tertiary/aromatic N) is 5. The molecule has 1 aromatic heterocycles. The number of carbonyl (C=O) groups excluding carboxylic acids is 4. The molecule has 3 heterocycles. The third kappa shape index (κ3) is 13.0. The van der Waals surface area contributed by atoms with Gasteiger partial charge in [0, 0.05) is 44.0 Å². The monoisotopic (exact) mass is 1050 g/mol. The summed E-state index contributed by atoms with van der Waals surface area (Å²) in [6, 6.07) is 26.4. The Kier molecular flexibility index (Phi) is 17.3. The number of unbranched alkanes of at least 4 members (excludes halogenated alkanes) is 1. The molecule has 2 aliphatic rings. The third-order valence-electron chi connectivity index (χ3n) is 13.4. The fraction of sp³-hybridized carbons (Fsp3) is 0.411. The molecule has 4 aromatic carbocycles. The summed E-state index contributed by atoms with van der Waals surface area (Å²) < 4.78 is 53.2. The van der Waals surface area contributed by atoms with E-state index in [0.29, 0.717) is 43.2 Å². The van der Waals surface area contributed by atoms with E-state index in [4.69, 9.17) is 21.7 Å². The maximum atomic E-state index is 14.1. The van der Waals surface area contributed by atoms with Gasteiger partial charge < -0.3 is 29.7 Å². The Labute approximate surface area is 439 Å². The first-order valence-electron chi connectivity index (χ1n) is 24.6. The minimum atomic E-state index is -4.80. The van der Waals surface area contributed by atoms with E-state index in [2.05, 4.69) is 10.3 Å². The lowest BCUT2D eigenvalue weighted by molar-refractivity contribution is -0.146. The number of aliphatic hydroxyl groups is 1. The largest absolute Gasteiger partial charge is 0.494 e. The number of halogens is 3. The number of aryl methyl sites for hydroxylation is 2. The standard InChI is InChI=1S/C56H61F3N6O7S2/c1-35-49(74-34-62-35)38-16-12-37(13-17-38)32-61-50(68)48-30-43(67)33-63(48)51(69)47(54(2,3)4)29-42(66)11-7-8-26-71-44-22-14-36(15-23-44)10-9-27-72-45-24-20-40(21-25-45)65-53(73)64(52(70)55(65,5)6)41-19-18-39(31-60)46(28-41)56(57,58)59/h12-25,28,34,43,47-48,67H,7-11,26-27,29-30,32-33H2,1-6H3,(H,61,68)/t43-,47-,48+/m1/s1. The smallest absolute Gasteiger partial charge is 0.417 e. The number of aromatic nitrogens is 1. The van der Waals surface area contributed by atoms with Crippen LogP contribution < -0.4 is 24.6 Å². The number of carbonyl (C=O) groups is 4. The molecule has 2 aliphatic heterocycles. The van der Waals surface area contributed by atoms with E-state index in [9.17, 15) is 42.7 Å². The number of alkyl halides is 3. The van der Waals surface area contributed by atoms with Gasteiger partial charge in [0.1, 0.15) is 28.9 Å². The second-order valence-corrected chi connectivity index (χ2v) is 21.5. The lowest BCUT2D eigenvalue weighted by Gasteiger charge is -2.34. The molecular weight excluding hydrogens is 990 g/mol. The fourth-order valence-electron chi connectivity index (χ4n) is 9.24. The number of nitrogens with one attached hydrogen (secondary N) is 1. The summed E-state index contributed by atoms with van der Waals surface area (Å²) in [6.45, 7) is 12.1. The Balaban J connectivity index is 0.811. The average molecular weight is 1050 g/mol. The van der Waals surface area contributed by atoms with Gasteiger partial charge >= 0.3 is 6.18 Å². The maximum absolute atomic E-state index is 14.1. The topological polar surface area (TPSA) is 165 Å². The molecule has 5 aromatic rings. The number of aliphatic hydroxyl groups excluding tert-OH is 1. The lowest BCUT2D eigenvalue weighted by atomic mass is 9.76. The Morgan fingerprint density at radius 1 is 0.919 bits per heavy atom. The molecule has 18 heteroatoms. The summed E-state index contributed by atoms with van der Waals surface area (Å²) in [4.78, 5) is 64.0. The van der Waals surface area contributed by atoms with Crippen LogP contribution in [0.25, 0.3) is 10.4 Å². The first-order valence-corrected chi connectivity index (χ1v) is 25.9. The molecule has 13 nitrogen and oxygen atoms in total. The van der Waals surface area contributed by atoms with Crippen molar-refractivity contribution < 1.29 is 46.9 Å². The second-order valence-electron chi connectivity index (χ2n) is 20.3. The third-order valence-corrected chi connectivity index (χ3v) is 14.8. The highest BCUT2D eigenvalue weighted by atomic mass is 32.1. The molecule has 0 saturated carbocycles. The van der Waals surface area contributed by atoms with E-state index >= 15 is 0 Å². The number of nitriles is 1. The number of thiazole rings is 1. The van der Waals surface area contributed by atoms with Crippen LogP contribution in [0.4, 0.5) is 24.5 Å². The van der Waals surface area contributed by atoms with Crippen molar-refractivity contribution in [3.63, 3.8) is 0 Å². The minimum absolute atomic E-state index is 0.00379. The van der Waals surface area contributed by atoms with Gasteiger partial charge in [-0.3, -0.25) is 24.1 Å². The first kappa shape index (κ1) is 55.1. The van der Waals surface area contributed by atoms with Gasteiger partial charge in [0.05, 0.1) is 58.3 Å². The minimum Gasteiger partial charge on any atom is -0.494 e. The van der Waals surface area contributed by atoms with Crippen molar-refractivity contribution in [2.45, 2.75) is 117 Å². The Morgan fingerprint density at radius 2 is 1.54 bits per heavy atom. The number of ketones is 1. The highest BCUT2D eigenvalue weighted by molar-refractivity contribution is 7.81. The van der Waals surface area contributed by atoms with Crippen molar-refractivity contribution in [2.75, 3.05) is 29.6 Å². The van der Waals surface area contributed by atoms with Crippen LogP contribution >= 0.6 is 23.6 Å². The van der Waals surface area contributed by atoms with Gasteiger partial charge in [0.15, 0.2) is 5.11 Å². The average Bonchev–Trinajstić information content (AvgIpc) is 4.03. The summed E-state index contributed by atoms with van der Waals surface area (Å²) in [7, 11) is 0. The number of thiocarbonyl (C=S) groups is 1. The SMILES string of the molecule is Cc1ncsc1-c1ccc(CNC(=O)[C@@H]2C[C@@H](O)CN2C(=O)[C@@H](CC(=O)CCCCOc2ccc(CCCOc3ccc(N4C(=S)N(c5ccc(C#N)c(C(F)(F)F)c5)C(=O)C4(C)C)cc3)cc2)C(C)(C)C)cc1. The van der Waals surface area contributed by atoms with Crippen molar-refractivity contribution in [2.24, 2.45) is 11.3 Å². The van der Waals surface area contributed by atoms with Crippen molar-refractivity contribution in [3.05, 3.63) is 124 Å². The van der Waals surface area contributed by atoms with Crippen molar-refractivity contribution in [3.8, 4) is 28.0 Å². The number of Topliss-reactive ketones (excluding diaryl/α,β-unsaturated/α-hetero) is 1. The summed E-state index contributed by atoms with van der Waals surface area (Å²) in [5, 5.41) is 22.8. The number of ether oxygens (including phenoxy) is 2. The van der Waals surface area contributed by atoms with Gasteiger partial charge in [-0.25, -0.2) is 4.98 Å². The zero-order valence-corrected chi connectivity index (χ0v) is 44.0. The van der Waals surface area contributed by atoms with E-state index in [1.54, 1.807) is 60.4 Å². The fourth-order valence-corrected chi connectivity index (χ4v) is 10.6. The number of β-amino-alcohol motifs (C(OH)–C–C–N with tert-alkyl or cyclic N) is 1. The number of hydrogen-bond donors (Lipinski definition) is 2. The van der Waals surface area contributed by atoms with Crippen molar-refractivity contribution >= 4 is 63.5 Å². The molecule has 7 rings (SSSR count). The van der Waals surface area contributed by atoms with Gasteiger partial charge in [-0.2, -0.15) is 18.4 Å². The Bertz CT molecular complexity index is 2880. The zero-order chi connectivity index (χ0) is 53.5. The van der Waals surface area contributed by atoms with E-state index in [0.717, 1.165) is 57.1 Å². The summed E-state index contributed by atoms with van der Waals surface area (Å²) in [5.41, 5.74) is 2.80. The zero-order valence-electron chi connectivity index (χ0n) is 42.3. The van der Waals surface area contributed by atoms with Crippen LogP contribution in [0.1, 0.15) is 101 Å². The first-order chi connectivity index (χ1) is 35.1. The number of anilines is 2. The van der Waals surface area contributed by atoms with Gasteiger partial charge in [0.25, 0.3) is 5.91 Å². The van der Waals surface area contributed by atoms with Crippen LogP contribution in [-0.4, -0.2) is 81.1 Å². The van der Waals surface area contributed by atoms with Gasteiger partial charge in [-0.15, -0.1) is 11.3 Å². The van der Waals surface area contributed by atoms with E-state index in [-0.39, 0.29) is 60.7 Å². The van der Waals surface area contributed by atoms with Crippen LogP contribution in [0, 0.1) is 29.6 Å². The van der Waals surface area contributed by atoms with Crippen LogP contribution in [0.5, 0.6) is 11.5 Å². The van der Waals surface area contributed by atoms with Gasteiger partial charge in [-0.1, -0.05) is 57.2 Å². The van der Waals surface area contributed by atoms with Crippen LogP contribution in [0.2, 0.25) is 0 Å². The molecule has 2 N–H and O–H groups in total. The maximum Gasteiger partial charge on any atom is 0.417 e. The molecule has 74 heavy (non-hydrogen) atoms. The molecule has 0 unspecified atom stereocenters. The highest BCUT2D eigenvalue weighted by Crippen LogP contribution is 2.40. The van der Waals surface area contributed by atoms with Crippen molar-refractivity contribution in [1.29, 1.82) is 5.26 Å². The normalized spacial score (nSPS) is 17.1. The summed E-state index contributed by atoms with van der Waals surface area (Å²) in [5.74, 6) is -0.580. The molecule has 3 amide bonds. The van der Waals surface area contributed by atoms with Gasteiger partial charge in [0.2, 0.25) is 11.8 Å².